The van der Waals surface area contributed by atoms with Crippen molar-refractivity contribution in [1.29, 1.82) is 0 Å². The van der Waals surface area contributed by atoms with Crippen LogP contribution in [0.15, 0.2) is 24.3 Å². The van der Waals surface area contributed by atoms with Crippen LogP contribution in [0.3, 0.4) is 0 Å². The fourth-order valence-electron chi connectivity index (χ4n) is 10.1. The number of carbonyl (C=O) groups excluding carboxylic acids is 3. The summed E-state index contributed by atoms with van der Waals surface area (Å²) < 4.78 is 16.8. The Hall–Kier alpha value is -2.11. The zero-order chi connectivity index (χ0) is 53.6. The Balaban J connectivity index is 3.99. The van der Waals surface area contributed by atoms with Gasteiger partial charge in [0.15, 0.2) is 6.10 Å². The minimum absolute atomic E-state index is 0.0678. The molecule has 6 nitrogen and oxygen atoms in total. The van der Waals surface area contributed by atoms with E-state index >= 15 is 0 Å². The van der Waals surface area contributed by atoms with E-state index < -0.39 is 6.10 Å². The highest BCUT2D eigenvalue weighted by molar-refractivity contribution is 5.71. The normalized spacial score (nSPS) is 12.1. The van der Waals surface area contributed by atoms with Crippen LogP contribution in [0.1, 0.15) is 374 Å². The number of hydrogen-bond donors (Lipinski definition) is 0. The zero-order valence-corrected chi connectivity index (χ0v) is 50.1. The lowest BCUT2D eigenvalue weighted by molar-refractivity contribution is -0.167. The lowest BCUT2D eigenvalue weighted by Gasteiger charge is -2.18. The van der Waals surface area contributed by atoms with Crippen LogP contribution in [-0.2, 0) is 28.6 Å². The highest BCUT2D eigenvalue weighted by Gasteiger charge is 2.19. The summed E-state index contributed by atoms with van der Waals surface area (Å²) in [5.74, 6) is -0.855. The summed E-state index contributed by atoms with van der Waals surface area (Å²) >= 11 is 0. The SMILES string of the molecule is CCCCCCCCC/C=C\CCCCCCCCCC(=O)OC(COC(=O)CCCCCCCCC)COC(=O)CCCCCCCCCCCCCCCCCCCCC/C=C\CCCCCCCCCC. The van der Waals surface area contributed by atoms with E-state index in [0.717, 1.165) is 57.8 Å². The van der Waals surface area contributed by atoms with Crippen LogP contribution in [0.2, 0.25) is 0 Å². The molecule has 6 heteroatoms. The molecule has 0 aliphatic heterocycles. The second-order valence-corrected chi connectivity index (χ2v) is 22.7. The van der Waals surface area contributed by atoms with Gasteiger partial charge in [0.1, 0.15) is 13.2 Å². The molecule has 1 atom stereocenters. The molecule has 0 aliphatic rings. The highest BCUT2D eigenvalue weighted by atomic mass is 16.6. The third-order valence-electron chi connectivity index (χ3n) is 15.2. The molecule has 0 fully saturated rings. The van der Waals surface area contributed by atoms with Gasteiger partial charge in [-0.05, 0) is 70.6 Å². The number of rotatable bonds is 62. The Morgan fingerprint density at radius 1 is 0.257 bits per heavy atom. The summed E-state index contributed by atoms with van der Waals surface area (Å²) in [6.45, 7) is 6.65. The first-order valence-electron chi connectivity index (χ1n) is 33.3. The molecule has 436 valence electrons. The number of ether oxygens (including phenoxy) is 3. The van der Waals surface area contributed by atoms with Crippen LogP contribution in [0.5, 0.6) is 0 Å². The standard InChI is InChI=1S/C68H128O6/c1-4-7-10-13-16-18-20-22-24-26-28-29-30-31-32-33-34-35-36-37-38-39-40-42-43-45-47-49-52-55-58-61-67(70)73-64-65(63-72-66(69)60-57-54-51-15-12-9-6-3)74-68(71)62-59-56-53-50-48-46-44-41-27-25-23-21-19-17-14-11-8-5-2/h25-28,65H,4-24,29-64H2,1-3H3/b27-25-,28-26-. The van der Waals surface area contributed by atoms with Gasteiger partial charge in [-0.3, -0.25) is 14.4 Å². The number of carbonyl (C=O) groups is 3. The van der Waals surface area contributed by atoms with E-state index in [9.17, 15) is 14.4 Å². The fourth-order valence-corrected chi connectivity index (χ4v) is 10.1. The molecule has 0 saturated carbocycles. The Kier molecular flexibility index (Phi) is 61.6. The minimum Gasteiger partial charge on any atom is -0.462 e. The molecule has 1 unspecified atom stereocenters. The second-order valence-electron chi connectivity index (χ2n) is 22.7. The minimum atomic E-state index is -0.768. The third-order valence-corrected chi connectivity index (χ3v) is 15.2. The van der Waals surface area contributed by atoms with Crippen molar-refractivity contribution in [3.05, 3.63) is 24.3 Å². The van der Waals surface area contributed by atoms with Gasteiger partial charge in [-0.15, -0.1) is 0 Å². The van der Waals surface area contributed by atoms with Crippen molar-refractivity contribution in [2.45, 2.75) is 380 Å². The Labute approximate surface area is 462 Å². The second kappa shape index (κ2) is 63.4. The molecule has 0 bridgehead atoms. The van der Waals surface area contributed by atoms with Crippen LogP contribution in [-0.4, -0.2) is 37.2 Å². The average Bonchev–Trinajstić information content (AvgIpc) is 3.40. The van der Waals surface area contributed by atoms with Crippen molar-refractivity contribution >= 4 is 17.9 Å². The molecule has 0 saturated heterocycles. The van der Waals surface area contributed by atoms with Crippen molar-refractivity contribution in [2.75, 3.05) is 13.2 Å². The molecular weight excluding hydrogens is 913 g/mol. The number of unbranched alkanes of at least 4 members (excludes halogenated alkanes) is 47. The Bertz CT molecular complexity index is 1190. The first-order chi connectivity index (χ1) is 36.5. The molecule has 0 heterocycles. The topological polar surface area (TPSA) is 78.9 Å². The summed E-state index contributed by atoms with van der Waals surface area (Å²) in [5, 5.41) is 0. The van der Waals surface area contributed by atoms with Gasteiger partial charge in [0, 0.05) is 19.3 Å². The monoisotopic (exact) mass is 1040 g/mol. The van der Waals surface area contributed by atoms with Gasteiger partial charge in [0.25, 0.3) is 0 Å². The van der Waals surface area contributed by atoms with Gasteiger partial charge >= 0.3 is 17.9 Å². The van der Waals surface area contributed by atoms with Crippen molar-refractivity contribution in [2.24, 2.45) is 0 Å². The van der Waals surface area contributed by atoms with E-state index in [-0.39, 0.29) is 31.1 Å². The third kappa shape index (κ3) is 60.8. The first kappa shape index (κ1) is 71.9. The number of allylic oxidation sites excluding steroid dienone is 4. The van der Waals surface area contributed by atoms with Gasteiger partial charge in [0.2, 0.25) is 0 Å². The van der Waals surface area contributed by atoms with Gasteiger partial charge in [-0.1, -0.05) is 308 Å². The van der Waals surface area contributed by atoms with Gasteiger partial charge in [-0.2, -0.15) is 0 Å². The van der Waals surface area contributed by atoms with Crippen LogP contribution < -0.4 is 0 Å². The Morgan fingerprint density at radius 3 is 0.676 bits per heavy atom. The molecule has 0 aliphatic carbocycles. The molecule has 0 spiro atoms. The van der Waals surface area contributed by atoms with Crippen LogP contribution >= 0.6 is 0 Å². The lowest BCUT2D eigenvalue weighted by atomic mass is 10.0. The van der Waals surface area contributed by atoms with Crippen molar-refractivity contribution in [3.8, 4) is 0 Å². The summed E-state index contributed by atoms with van der Waals surface area (Å²) in [5.41, 5.74) is 0. The lowest BCUT2D eigenvalue weighted by Crippen LogP contribution is -2.30. The van der Waals surface area contributed by atoms with E-state index in [1.165, 1.54) is 276 Å². The summed E-state index contributed by atoms with van der Waals surface area (Å²) in [7, 11) is 0. The average molecular weight is 1040 g/mol. The molecule has 0 aromatic rings. The van der Waals surface area contributed by atoms with Crippen molar-refractivity contribution in [3.63, 3.8) is 0 Å². The van der Waals surface area contributed by atoms with E-state index in [4.69, 9.17) is 14.2 Å². The maximum Gasteiger partial charge on any atom is 0.306 e. The molecule has 0 radical (unpaired) electrons. The molecular formula is C68H128O6. The Morgan fingerprint density at radius 2 is 0.446 bits per heavy atom. The van der Waals surface area contributed by atoms with E-state index in [2.05, 4.69) is 45.1 Å². The van der Waals surface area contributed by atoms with Gasteiger partial charge in [-0.25, -0.2) is 0 Å². The summed E-state index contributed by atoms with van der Waals surface area (Å²) in [6.07, 6.45) is 76.6. The summed E-state index contributed by atoms with van der Waals surface area (Å²) in [6, 6.07) is 0. The predicted molar refractivity (Wildman–Crippen MR) is 321 cm³/mol. The van der Waals surface area contributed by atoms with Gasteiger partial charge in [0.05, 0.1) is 0 Å². The molecule has 0 amide bonds. The smallest absolute Gasteiger partial charge is 0.306 e. The largest absolute Gasteiger partial charge is 0.462 e. The van der Waals surface area contributed by atoms with E-state index in [1.54, 1.807) is 0 Å². The fraction of sp³-hybridized carbons (Fsp3) is 0.897. The molecule has 0 aromatic heterocycles. The maximum absolute atomic E-state index is 12.8. The van der Waals surface area contributed by atoms with E-state index in [0.29, 0.717) is 19.3 Å². The molecule has 0 N–H and O–H groups in total. The summed E-state index contributed by atoms with van der Waals surface area (Å²) in [4.78, 5) is 38.1. The van der Waals surface area contributed by atoms with Crippen molar-refractivity contribution < 1.29 is 28.6 Å². The highest BCUT2D eigenvalue weighted by Crippen LogP contribution is 2.18. The van der Waals surface area contributed by atoms with Gasteiger partial charge < -0.3 is 14.2 Å². The van der Waals surface area contributed by atoms with Crippen LogP contribution in [0.25, 0.3) is 0 Å². The molecule has 74 heavy (non-hydrogen) atoms. The quantitative estimate of drug-likeness (QED) is 0.0261. The van der Waals surface area contributed by atoms with Crippen LogP contribution in [0.4, 0.5) is 0 Å². The predicted octanol–water partition coefficient (Wildman–Crippen LogP) is 22.6. The number of esters is 3. The first-order valence-corrected chi connectivity index (χ1v) is 33.3. The number of hydrogen-bond acceptors (Lipinski definition) is 6. The molecule has 0 rings (SSSR count). The molecule has 0 aromatic carbocycles. The zero-order valence-electron chi connectivity index (χ0n) is 50.1. The maximum atomic E-state index is 12.8. The van der Waals surface area contributed by atoms with Crippen LogP contribution in [0, 0.1) is 0 Å². The van der Waals surface area contributed by atoms with E-state index in [1.807, 2.05) is 0 Å². The van der Waals surface area contributed by atoms with Crippen molar-refractivity contribution in [1.82, 2.24) is 0 Å².